The molecule has 0 aromatic carbocycles. The summed E-state index contributed by atoms with van der Waals surface area (Å²) in [6, 6.07) is 0.235. The lowest BCUT2D eigenvalue weighted by atomic mass is 9.77. The Labute approximate surface area is 114 Å². The molecule has 2 fully saturated rings. The minimum absolute atomic E-state index is 0.0754. The Morgan fingerprint density at radius 2 is 1.95 bits per heavy atom. The Hall–Kier alpha value is -1.10. The van der Waals surface area contributed by atoms with Crippen LogP contribution in [0.5, 0.6) is 0 Å². The Morgan fingerprint density at radius 3 is 2.58 bits per heavy atom. The highest BCUT2D eigenvalue weighted by atomic mass is 16.2. The van der Waals surface area contributed by atoms with Gasteiger partial charge in [0.05, 0.1) is 5.92 Å². The molecule has 1 aliphatic carbocycles. The first-order chi connectivity index (χ1) is 8.99. The Kier molecular flexibility index (Phi) is 4.45. The molecule has 5 heteroatoms. The van der Waals surface area contributed by atoms with Crippen LogP contribution in [-0.4, -0.2) is 35.8 Å². The first-order valence-electron chi connectivity index (χ1n) is 7.32. The molecule has 0 bridgehead atoms. The van der Waals surface area contributed by atoms with Crippen molar-refractivity contribution in [3.63, 3.8) is 0 Å². The Bertz CT molecular complexity index is 359. The fourth-order valence-corrected chi connectivity index (χ4v) is 3.45. The maximum atomic E-state index is 12.6. The van der Waals surface area contributed by atoms with Gasteiger partial charge in [-0.1, -0.05) is 6.92 Å². The highest BCUT2D eigenvalue weighted by Gasteiger charge is 2.36. The van der Waals surface area contributed by atoms with Crippen LogP contribution in [-0.2, 0) is 9.59 Å². The molecular formula is C14H25N3O2. The van der Waals surface area contributed by atoms with Crippen molar-refractivity contribution in [2.24, 2.45) is 29.2 Å². The van der Waals surface area contributed by atoms with E-state index in [1.165, 1.54) is 0 Å². The monoisotopic (exact) mass is 267 g/mol. The topological polar surface area (TPSA) is 89.4 Å². The largest absolute Gasteiger partial charge is 0.369 e. The quantitative estimate of drug-likeness (QED) is 0.762. The number of primary amides is 1. The number of rotatable bonds is 2. The van der Waals surface area contributed by atoms with Crippen LogP contribution in [0.4, 0.5) is 0 Å². The van der Waals surface area contributed by atoms with Crippen molar-refractivity contribution in [2.45, 2.75) is 45.1 Å². The molecule has 2 rings (SSSR count). The van der Waals surface area contributed by atoms with E-state index >= 15 is 0 Å². The number of hydrogen-bond donors (Lipinski definition) is 2. The molecule has 1 saturated heterocycles. The van der Waals surface area contributed by atoms with Crippen LogP contribution in [0.15, 0.2) is 0 Å². The summed E-state index contributed by atoms with van der Waals surface area (Å²) in [7, 11) is 0. The molecule has 2 amide bonds. The van der Waals surface area contributed by atoms with E-state index in [0.29, 0.717) is 12.5 Å². The summed E-state index contributed by atoms with van der Waals surface area (Å²) < 4.78 is 0. The average Bonchev–Trinajstić information content (AvgIpc) is 2.38. The first kappa shape index (κ1) is 14.3. The first-order valence-corrected chi connectivity index (χ1v) is 7.32. The summed E-state index contributed by atoms with van der Waals surface area (Å²) in [6.45, 7) is 3.37. The molecule has 19 heavy (non-hydrogen) atoms. The molecule has 0 radical (unpaired) electrons. The normalized spacial score (nSPS) is 36.0. The van der Waals surface area contributed by atoms with E-state index in [-0.39, 0.29) is 29.7 Å². The van der Waals surface area contributed by atoms with Gasteiger partial charge < -0.3 is 16.4 Å². The van der Waals surface area contributed by atoms with Gasteiger partial charge in [-0.05, 0) is 38.0 Å². The van der Waals surface area contributed by atoms with E-state index in [2.05, 4.69) is 6.92 Å². The van der Waals surface area contributed by atoms with Crippen LogP contribution in [0.3, 0.4) is 0 Å². The molecule has 4 unspecified atom stereocenters. The summed E-state index contributed by atoms with van der Waals surface area (Å²) in [5.41, 5.74) is 11.3. The van der Waals surface area contributed by atoms with E-state index < -0.39 is 0 Å². The van der Waals surface area contributed by atoms with Crippen molar-refractivity contribution < 1.29 is 9.59 Å². The van der Waals surface area contributed by atoms with Gasteiger partial charge in [0.25, 0.3) is 0 Å². The van der Waals surface area contributed by atoms with Crippen molar-refractivity contribution in [3.8, 4) is 0 Å². The number of carbonyl (C=O) groups is 2. The number of hydrogen-bond acceptors (Lipinski definition) is 3. The molecular weight excluding hydrogens is 242 g/mol. The molecule has 2 aliphatic rings. The number of amides is 2. The van der Waals surface area contributed by atoms with Crippen molar-refractivity contribution >= 4 is 11.8 Å². The fraction of sp³-hybridized carbons (Fsp3) is 0.857. The summed E-state index contributed by atoms with van der Waals surface area (Å²) in [5, 5.41) is 0. The smallest absolute Gasteiger partial charge is 0.225 e. The second kappa shape index (κ2) is 5.90. The van der Waals surface area contributed by atoms with Crippen LogP contribution in [0.1, 0.15) is 39.0 Å². The van der Waals surface area contributed by atoms with Crippen molar-refractivity contribution in [1.29, 1.82) is 0 Å². The predicted octanol–water partition coefficient (Wildman–Crippen LogP) is 0.474. The van der Waals surface area contributed by atoms with Gasteiger partial charge in [0.2, 0.25) is 11.8 Å². The maximum Gasteiger partial charge on any atom is 0.225 e. The van der Waals surface area contributed by atoms with E-state index in [4.69, 9.17) is 11.5 Å². The molecule has 0 aromatic heterocycles. The number of likely N-dealkylation sites (tertiary alicyclic amines) is 1. The molecule has 1 aliphatic heterocycles. The predicted molar refractivity (Wildman–Crippen MR) is 73.0 cm³/mol. The third kappa shape index (κ3) is 3.26. The highest BCUT2D eigenvalue weighted by molar-refractivity contribution is 5.81. The summed E-state index contributed by atoms with van der Waals surface area (Å²) in [5.74, 6) is 0.164. The molecule has 4 atom stereocenters. The molecule has 108 valence electrons. The van der Waals surface area contributed by atoms with Gasteiger partial charge in [-0.25, -0.2) is 0 Å². The maximum absolute atomic E-state index is 12.6. The standard InChI is InChI=1S/C14H25N3O2/c1-9-7-11(15)4-5-12(9)14(19)17-6-2-3-10(8-17)13(16)18/h9-12H,2-8,15H2,1H3,(H2,16,18). The molecule has 0 aromatic rings. The fourth-order valence-electron chi connectivity index (χ4n) is 3.45. The number of nitrogens with zero attached hydrogens (tertiary/aromatic N) is 1. The summed E-state index contributed by atoms with van der Waals surface area (Å²) in [4.78, 5) is 25.7. The Morgan fingerprint density at radius 1 is 1.21 bits per heavy atom. The molecule has 5 nitrogen and oxygen atoms in total. The Balaban J connectivity index is 1.97. The van der Waals surface area contributed by atoms with Crippen molar-refractivity contribution in [1.82, 2.24) is 4.90 Å². The number of piperidine rings is 1. The molecule has 1 saturated carbocycles. The number of carbonyl (C=O) groups excluding carboxylic acids is 2. The minimum Gasteiger partial charge on any atom is -0.369 e. The van der Waals surface area contributed by atoms with Gasteiger partial charge in [-0.15, -0.1) is 0 Å². The molecule has 0 spiro atoms. The van der Waals surface area contributed by atoms with Crippen LogP contribution in [0.25, 0.3) is 0 Å². The van der Waals surface area contributed by atoms with E-state index in [9.17, 15) is 9.59 Å². The van der Waals surface area contributed by atoms with E-state index in [1.54, 1.807) is 0 Å². The lowest BCUT2D eigenvalue weighted by molar-refractivity contribution is -0.141. The van der Waals surface area contributed by atoms with Crippen LogP contribution in [0, 0.1) is 17.8 Å². The van der Waals surface area contributed by atoms with Gasteiger partial charge in [0.1, 0.15) is 0 Å². The van der Waals surface area contributed by atoms with Crippen LogP contribution < -0.4 is 11.5 Å². The third-order valence-corrected chi connectivity index (χ3v) is 4.66. The van der Waals surface area contributed by atoms with Gasteiger partial charge in [-0.2, -0.15) is 0 Å². The summed E-state index contributed by atoms with van der Waals surface area (Å²) >= 11 is 0. The molecule has 1 heterocycles. The average molecular weight is 267 g/mol. The second-order valence-corrected chi connectivity index (χ2v) is 6.18. The minimum atomic E-state index is -0.281. The second-order valence-electron chi connectivity index (χ2n) is 6.18. The number of nitrogens with two attached hydrogens (primary N) is 2. The van der Waals surface area contributed by atoms with E-state index in [1.807, 2.05) is 4.90 Å². The van der Waals surface area contributed by atoms with Crippen molar-refractivity contribution in [3.05, 3.63) is 0 Å². The van der Waals surface area contributed by atoms with Crippen LogP contribution in [0.2, 0.25) is 0 Å². The zero-order valence-corrected chi connectivity index (χ0v) is 11.7. The van der Waals surface area contributed by atoms with Gasteiger partial charge in [-0.3, -0.25) is 9.59 Å². The third-order valence-electron chi connectivity index (χ3n) is 4.66. The zero-order valence-electron chi connectivity index (χ0n) is 11.7. The van der Waals surface area contributed by atoms with Gasteiger partial charge >= 0.3 is 0 Å². The van der Waals surface area contributed by atoms with E-state index in [0.717, 1.165) is 38.6 Å². The van der Waals surface area contributed by atoms with Gasteiger partial charge in [0, 0.05) is 25.0 Å². The highest BCUT2D eigenvalue weighted by Crippen LogP contribution is 2.31. The van der Waals surface area contributed by atoms with Crippen molar-refractivity contribution in [2.75, 3.05) is 13.1 Å². The summed E-state index contributed by atoms with van der Waals surface area (Å²) in [6.07, 6.45) is 4.40. The van der Waals surface area contributed by atoms with Crippen LogP contribution >= 0.6 is 0 Å². The molecule has 4 N–H and O–H groups in total. The zero-order chi connectivity index (χ0) is 14.0. The lowest BCUT2D eigenvalue weighted by Crippen LogP contribution is -2.48. The lowest BCUT2D eigenvalue weighted by Gasteiger charge is -2.38. The SMILES string of the molecule is CC1CC(N)CCC1C(=O)N1CCCC(C(N)=O)C1. The van der Waals surface area contributed by atoms with Gasteiger partial charge in [0.15, 0.2) is 0 Å².